The Balaban J connectivity index is 1.46. The average molecular weight is 511 g/mol. The molecule has 2 aromatic rings. The number of halogens is 3. The van der Waals surface area contributed by atoms with Gasteiger partial charge in [0, 0.05) is 42.7 Å². The molecule has 0 bridgehead atoms. The largest absolute Gasteiger partial charge is 0.417 e. The molecule has 2 aromatic heterocycles. The van der Waals surface area contributed by atoms with Gasteiger partial charge < -0.3 is 10.2 Å². The number of aromatic nitrogens is 3. The number of pyridine rings is 1. The molecule has 1 aliphatic carbocycles. The van der Waals surface area contributed by atoms with Crippen LogP contribution in [0.1, 0.15) is 55.1 Å². The molecule has 1 atom stereocenters. The highest BCUT2D eigenvalue weighted by molar-refractivity contribution is 6.08. The van der Waals surface area contributed by atoms with E-state index in [-0.39, 0.29) is 41.3 Å². The molecule has 2 aliphatic heterocycles. The number of carbonyl (C=O) groups excluding carboxylic acids is 1. The molecular formula is C27H29F3N6O. The van der Waals surface area contributed by atoms with Gasteiger partial charge in [0.25, 0.3) is 0 Å². The molecule has 194 valence electrons. The Morgan fingerprint density at radius 3 is 2.70 bits per heavy atom. The zero-order chi connectivity index (χ0) is 26.5. The van der Waals surface area contributed by atoms with Crippen LogP contribution >= 0.6 is 0 Å². The highest BCUT2D eigenvalue weighted by Crippen LogP contribution is 2.42. The molecule has 1 N–H and O–H groups in total. The van der Waals surface area contributed by atoms with Crippen LogP contribution in [-0.2, 0) is 11.2 Å². The number of nitrogens with zero attached hydrogens (tertiary/aromatic N) is 5. The second-order valence-electron chi connectivity index (χ2n) is 10.7. The number of aryl methyl sites for hydroxylation is 1. The molecule has 1 saturated heterocycles. The van der Waals surface area contributed by atoms with Crippen molar-refractivity contribution < 1.29 is 18.0 Å². The topological polar surface area (TPSA) is 83.4 Å². The lowest BCUT2D eigenvalue weighted by Crippen LogP contribution is -2.42. The van der Waals surface area contributed by atoms with E-state index in [1.165, 1.54) is 6.20 Å². The first-order chi connectivity index (χ1) is 17.4. The summed E-state index contributed by atoms with van der Waals surface area (Å²) in [6.07, 6.45) is 1.60. The number of Topliss-reactive ketones (excluding diaryl/α,β-unsaturated/α-hetero) is 1. The van der Waals surface area contributed by atoms with Crippen LogP contribution in [-0.4, -0.2) is 58.2 Å². The van der Waals surface area contributed by atoms with Gasteiger partial charge in [-0.15, -0.1) is 0 Å². The van der Waals surface area contributed by atoms with E-state index in [4.69, 9.17) is 0 Å². The van der Waals surface area contributed by atoms with Crippen molar-refractivity contribution in [3.8, 4) is 0 Å². The van der Waals surface area contributed by atoms with Gasteiger partial charge in [0.1, 0.15) is 0 Å². The van der Waals surface area contributed by atoms with Crippen LogP contribution in [0.2, 0.25) is 0 Å². The van der Waals surface area contributed by atoms with Gasteiger partial charge in [-0.1, -0.05) is 19.9 Å². The summed E-state index contributed by atoms with van der Waals surface area (Å²) in [6.45, 7) is 8.44. The highest BCUT2D eigenvalue weighted by Gasteiger charge is 2.37. The molecule has 1 unspecified atom stereocenters. The normalized spacial score (nSPS) is 21.8. The number of anilines is 2. The standard InChI is InChI=1S/C27H29F3N6O/c1-15-21(9-16(11-31-15)20-7-8-36(4)14-26(20,2)3)34-25-33-12-17-10-22(37)19-6-5-18(27(28,29)30)13-32-24(19)23(17)35-25/h5,9,11-13,20H,6-8,10,14H2,1-4H3,(H,33,34,35). The van der Waals surface area contributed by atoms with Crippen molar-refractivity contribution in [2.24, 2.45) is 10.4 Å². The number of fused-ring (bicyclic) bond motifs is 2. The van der Waals surface area contributed by atoms with E-state index in [0.717, 1.165) is 48.7 Å². The molecule has 0 aromatic carbocycles. The van der Waals surface area contributed by atoms with E-state index in [2.05, 4.69) is 57.1 Å². The maximum Gasteiger partial charge on any atom is 0.417 e. The van der Waals surface area contributed by atoms with Gasteiger partial charge >= 0.3 is 6.18 Å². The summed E-state index contributed by atoms with van der Waals surface area (Å²) in [7, 11) is 2.14. The van der Waals surface area contributed by atoms with Crippen LogP contribution in [0.5, 0.6) is 0 Å². The second-order valence-corrected chi connectivity index (χ2v) is 10.7. The fourth-order valence-corrected chi connectivity index (χ4v) is 5.52. The minimum absolute atomic E-state index is 0.0282. The Morgan fingerprint density at radius 1 is 1.19 bits per heavy atom. The molecule has 0 spiro atoms. The van der Waals surface area contributed by atoms with Crippen LogP contribution in [0.25, 0.3) is 5.70 Å². The van der Waals surface area contributed by atoms with Gasteiger partial charge in [-0.05, 0) is 56.3 Å². The van der Waals surface area contributed by atoms with Crippen molar-refractivity contribution in [3.63, 3.8) is 0 Å². The zero-order valence-corrected chi connectivity index (χ0v) is 21.3. The summed E-state index contributed by atoms with van der Waals surface area (Å²) in [4.78, 5) is 32.7. The van der Waals surface area contributed by atoms with Crippen molar-refractivity contribution in [3.05, 3.63) is 58.2 Å². The molecule has 0 amide bonds. The van der Waals surface area contributed by atoms with Crippen molar-refractivity contribution in [2.45, 2.75) is 52.1 Å². The average Bonchev–Trinajstić information content (AvgIpc) is 3.05. The third-order valence-electron chi connectivity index (χ3n) is 7.43. The van der Waals surface area contributed by atoms with E-state index in [1.54, 1.807) is 0 Å². The smallest absolute Gasteiger partial charge is 0.323 e. The molecular weight excluding hydrogens is 481 g/mol. The van der Waals surface area contributed by atoms with Crippen molar-refractivity contribution in [1.82, 2.24) is 19.9 Å². The number of ketones is 1. The Morgan fingerprint density at radius 2 is 1.97 bits per heavy atom. The van der Waals surface area contributed by atoms with Crippen molar-refractivity contribution in [2.75, 3.05) is 25.5 Å². The van der Waals surface area contributed by atoms with Crippen LogP contribution in [0.15, 0.2) is 40.7 Å². The number of aliphatic imine (C=N–C) groups is 1. The summed E-state index contributed by atoms with van der Waals surface area (Å²) in [6, 6.07) is 2.08. The maximum atomic E-state index is 13.3. The number of allylic oxidation sites excluding steroid dienone is 3. The van der Waals surface area contributed by atoms with E-state index < -0.39 is 11.7 Å². The SMILES string of the molecule is Cc1ncc(C2CCN(C)CC2(C)C)cc1Nc1ncc2c(n1)C1=C(CC=C(C(F)(F)F)C=N1)C(=O)C2. The molecule has 7 nitrogen and oxygen atoms in total. The molecule has 3 aliphatic rings. The minimum atomic E-state index is -4.54. The van der Waals surface area contributed by atoms with Crippen molar-refractivity contribution in [1.29, 1.82) is 0 Å². The second kappa shape index (κ2) is 9.16. The fraction of sp³-hybridized carbons (Fsp3) is 0.444. The van der Waals surface area contributed by atoms with E-state index >= 15 is 0 Å². The van der Waals surface area contributed by atoms with E-state index in [1.807, 2.05) is 13.1 Å². The van der Waals surface area contributed by atoms with Gasteiger partial charge in [0.15, 0.2) is 5.78 Å². The predicted molar refractivity (Wildman–Crippen MR) is 136 cm³/mol. The summed E-state index contributed by atoms with van der Waals surface area (Å²) in [5.74, 6) is 0.349. The van der Waals surface area contributed by atoms with Gasteiger partial charge in [-0.2, -0.15) is 13.2 Å². The molecule has 4 heterocycles. The lowest BCUT2D eigenvalue weighted by Gasteiger charge is -2.43. The molecule has 0 radical (unpaired) electrons. The Hall–Kier alpha value is -3.40. The monoisotopic (exact) mass is 510 g/mol. The highest BCUT2D eigenvalue weighted by atomic mass is 19.4. The number of rotatable bonds is 3. The van der Waals surface area contributed by atoms with E-state index in [0.29, 0.717) is 17.2 Å². The number of hydrogen-bond acceptors (Lipinski definition) is 7. The summed E-state index contributed by atoms with van der Waals surface area (Å²) in [5.41, 5.74) is 3.20. The lowest BCUT2D eigenvalue weighted by molar-refractivity contribution is -0.115. The first-order valence-electron chi connectivity index (χ1n) is 12.3. The van der Waals surface area contributed by atoms with Crippen LogP contribution in [0, 0.1) is 12.3 Å². The fourth-order valence-electron chi connectivity index (χ4n) is 5.52. The number of carbonyl (C=O) groups is 1. The van der Waals surface area contributed by atoms with Crippen LogP contribution in [0.3, 0.4) is 0 Å². The third-order valence-corrected chi connectivity index (χ3v) is 7.43. The lowest BCUT2D eigenvalue weighted by atomic mass is 9.71. The third kappa shape index (κ3) is 4.94. The molecule has 10 heteroatoms. The Labute approximate surface area is 213 Å². The molecule has 0 saturated carbocycles. The Bertz CT molecular complexity index is 1360. The summed E-state index contributed by atoms with van der Waals surface area (Å²) < 4.78 is 39.8. The summed E-state index contributed by atoms with van der Waals surface area (Å²) in [5, 5.41) is 3.25. The van der Waals surface area contributed by atoms with Gasteiger partial charge in [0.2, 0.25) is 5.95 Å². The van der Waals surface area contributed by atoms with Crippen molar-refractivity contribution >= 4 is 29.3 Å². The number of likely N-dealkylation sites (tertiary alicyclic amines) is 1. The van der Waals surface area contributed by atoms with Crippen LogP contribution in [0.4, 0.5) is 24.8 Å². The number of hydrogen-bond donors (Lipinski definition) is 1. The van der Waals surface area contributed by atoms with Gasteiger partial charge in [-0.25, -0.2) is 9.97 Å². The number of piperidine rings is 1. The first-order valence-corrected chi connectivity index (χ1v) is 12.3. The Kier molecular flexibility index (Phi) is 6.26. The quantitative estimate of drug-likeness (QED) is 0.614. The minimum Gasteiger partial charge on any atom is -0.323 e. The zero-order valence-electron chi connectivity index (χ0n) is 21.3. The molecule has 5 rings (SSSR count). The molecule has 37 heavy (non-hydrogen) atoms. The summed E-state index contributed by atoms with van der Waals surface area (Å²) >= 11 is 0. The van der Waals surface area contributed by atoms with E-state index in [9.17, 15) is 18.0 Å². The molecule has 1 fully saturated rings. The van der Waals surface area contributed by atoms with Gasteiger partial charge in [0.05, 0.1) is 28.3 Å². The van der Waals surface area contributed by atoms with Crippen LogP contribution < -0.4 is 5.32 Å². The maximum absolute atomic E-state index is 13.3. The number of nitrogens with one attached hydrogen (secondary N) is 1. The predicted octanol–water partition coefficient (Wildman–Crippen LogP) is 5.17. The van der Waals surface area contributed by atoms with Gasteiger partial charge in [-0.3, -0.25) is 14.8 Å². The number of alkyl halides is 3. The first kappa shape index (κ1) is 25.3.